The molecule has 0 unspecified atom stereocenters. The van der Waals surface area contributed by atoms with E-state index in [4.69, 9.17) is 0 Å². The normalized spacial score (nSPS) is 10.6. The Morgan fingerprint density at radius 3 is 2.47 bits per heavy atom. The molecule has 0 amide bonds. The molecule has 0 spiro atoms. The lowest BCUT2D eigenvalue weighted by molar-refractivity contribution is 0.663. The average molecular weight is 396 g/mol. The molecule has 0 fully saturated rings. The van der Waals surface area contributed by atoms with Crippen molar-refractivity contribution in [1.82, 2.24) is 14.8 Å². The number of nitrogens with zero attached hydrogens (tertiary/aromatic N) is 3. The van der Waals surface area contributed by atoms with Crippen molar-refractivity contribution in [2.45, 2.75) is 6.54 Å². The molecule has 1 heterocycles. The third-order valence-electron chi connectivity index (χ3n) is 1.88. The van der Waals surface area contributed by atoms with E-state index in [9.17, 15) is 0 Å². The van der Waals surface area contributed by atoms with E-state index in [0.717, 1.165) is 10.0 Å². The highest BCUT2D eigenvalue weighted by Gasteiger charge is 2.06. The number of benzene rings is 1. The van der Waals surface area contributed by atoms with Gasteiger partial charge >= 0.3 is 0 Å². The van der Waals surface area contributed by atoms with Crippen LogP contribution in [0, 0.1) is 0 Å². The second kappa shape index (κ2) is 4.76. The fourth-order valence-corrected chi connectivity index (χ4v) is 2.57. The van der Waals surface area contributed by atoms with E-state index in [-0.39, 0.29) is 0 Å². The van der Waals surface area contributed by atoms with Gasteiger partial charge in [-0.15, -0.1) is 5.10 Å². The molecule has 6 heteroatoms. The monoisotopic (exact) mass is 393 g/mol. The van der Waals surface area contributed by atoms with Crippen molar-refractivity contribution in [3.8, 4) is 0 Å². The minimum atomic E-state index is 0.585. The van der Waals surface area contributed by atoms with Crippen LogP contribution in [0.15, 0.2) is 38.2 Å². The maximum Gasteiger partial charge on any atom is 0.218 e. The summed E-state index contributed by atoms with van der Waals surface area (Å²) < 4.78 is 4.15. The van der Waals surface area contributed by atoms with Crippen LogP contribution in [0.1, 0.15) is 5.56 Å². The number of aromatic nitrogens is 3. The van der Waals surface area contributed by atoms with Crippen LogP contribution >= 0.6 is 47.8 Å². The molecule has 0 N–H and O–H groups in total. The highest BCUT2D eigenvalue weighted by Crippen LogP contribution is 2.19. The summed E-state index contributed by atoms with van der Waals surface area (Å²) in [6, 6.07) is 8.04. The molecule has 78 valence electrons. The zero-order chi connectivity index (χ0) is 10.8. The van der Waals surface area contributed by atoms with Crippen molar-refractivity contribution >= 4 is 47.8 Å². The lowest BCUT2D eigenvalue weighted by Gasteiger charge is -2.04. The highest BCUT2D eigenvalue weighted by atomic mass is 79.9. The number of halogens is 3. The lowest BCUT2D eigenvalue weighted by atomic mass is 10.2. The summed E-state index contributed by atoms with van der Waals surface area (Å²) in [5.41, 5.74) is 1.16. The lowest BCUT2D eigenvalue weighted by Crippen LogP contribution is -2.02. The highest BCUT2D eigenvalue weighted by molar-refractivity contribution is 9.11. The van der Waals surface area contributed by atoms with Gasteiger partial charge in [0.2, 0.25) is 4.73 Å². The fraction of sp³-hybridized carbons (Fsp3) is 0.111. The number of hydrogen-bond acceptors (Lipinski definition) is 2. The first-order valence-corrected chi connectivity index (χ1v) is 6.54. The van der Waals surface area contributed by atoms with Gasteiger partial charge < -0.3 is 0 Å². The second-order valence-electron chi connectivity index (χ2n) is 2.90. The summed E-state index contributed by atoms with van der Waals surface area (Å²) in [4.78, 5) is 4.11. The molecule has 2 rings (SSSR count). The van der Waals surface area contributed by atoms with Crippen molar-refractivity contribution in [2.75, 3.05) is 0 Å². The van der Waals surface area contributed by atoms with Crippen LogP contribution in [0.4, 0.5) is 0 Å². The number of hydrogen-bond donors (Lipinski definition) is 0. The molecule has 0 saturated carbocycles. The van der Waals surface area contributed by atoms with Gasteiger partial charge in [-0.25, -0.2) is 4.68 Å². The van der Waals surface area contributed by atoms with Crippen molar-refractivity contribution in [2.24, 2.45) is 0 Å². The van der Waals surface area contributed by atoms with Crippen LogP contribution in [-0.4, -0.2) is 14.8 Å². The van der Waals surface area contributed by atoms with E-state index in [0.29, 0.717) is 16.0 Å². The van der Waals surface area contributed by atoms with Crippen molar-refractivity contribution in [3.63, 3.8) is 0 Å². The third kappa shape index (κ3) is 2.68. The van der Waals surface area contributed by atoms with Gasteiger partial charge in [0, 0.05) is 4.47 Å². The Hall–Kier alpha value is -0.200. The standard InChI is InChI=1S/C9H6Br3N3/c10-7-4-2-1-3-6(7)5-15-9(12)13-8(11)14-15/h1-4H,5H2. The van der Waals surface area contributed by atoms with Crippen molar-refractivity contribution < 1.29 is 0 Å². The molecule has 1 aromatic carbocycles. The maximum atomic E-state index is 4.20. The topological polar surface area (TPSA) is 30.7 Å². The molecule has 0 aliphatic heterocycles. The molecule has 0 saturated heterocycles. The van der Waals surface area contributed by atoms with Crippen LogP contribution in [0.25, 0.3) is 0 Å². The molecule has 2 aromatic rings. The fourth-order valence-electron chi connectivity index (χ4n) is 1.19. The SMILES string of the molecule is Brc1nc(Br)n(Cc2ccccc2Br)n1. The van der Waals surface area contributed by atoms with Crippen molar-refractivity contribution in [3.05, 3.63) is 43.8 Å². The summed E-state index contributed by atoms with van der Waals surface area (Å²) in [5, 5.41) is 4.20. The van der Waals surface area contributed by atoms with Crippen LogP contribution in [0.3, 0.4) is 0 Å². The summed E-state index contributed by atoms with van der Waals surface area (Å²) in [5.74, 6) is 0. The van der Waals surface area contributed by atoms with Crippen LogP contribution in [0.5, 0.6) is 0 Å². The predicted octanol–water partition coefficient (Wildman–Crippen LogP) is 3.61. The smallest absolute Gasteiger partial charge is 0.218 e. The Morgan fingerprint density at radius 2 is 1.87 bits per heavy atom. The van der Waals surface area contributed by atoms with Gasteiger partial charge in [0.25, 0.3) is 0 Å². The molecule has 0 atom stereocenters. The third-order valence-corrected chi connectivity index (χ3v) is 3.57. The molecule has 15 heavy (non-hydrogen) atoms. The van der Waals surface area contributed by atoms with E-state index < -0.39 is 0 Å². The Morgan fingerprint density at radius 1 is 1.13 bits per heavy atom. The first-order valence-electron chi connectivity index (χ1n) is 4.16. The summed E-state index contributed by atoms with van der Waals surface area (Å²) in [6.45, 7) is 0.681. The molecule has 0 aliphatic rings. The molecule has 0 bridgehead atoms. The summed E-state index contributed by atoms with van der Waals surface area (Å²) in [6.07, 6.45) is 0. The number of rotatable bonds is 2. The largest absolute Gasteiger partial charge is 0.235 e. The molecular weight excluding hydrogens is 390 g/mol. The van der Waals surface area contributed by atoms with Gasteiger partial charge in [-0.2, -0.15) is 4.98 Å². The Labute approximate surface area is 112 Å². The van der Waals surface area contributed by atoms with E-state index in [1.54, 1.807) is 4.68 Å². The Balaban J connectivity index is 2.29. The van der Waals surface area contributed by atoms with Gasteiger partial charge in [-0.1, -0.05) is 34.1 Å². The van der Waals surface area contributed by atoms with Crippen LogP contribution < -0.4 is 0 Å². The quantitative estimate of drug-likeness (QED) is 0.777. The first kappa shape index (κ1) is 11.3. The van der Waals surface area contributed by atoms with Crippen LogP contribution in [-0.2, 0) is 6.54 Å². The van der Waals surface area contributed by atoms with E-state index in [2.05, 4.69) is 57.9 Å². The molecule has 1 aromatic heterocycles. The van der Waals surface area contributed by atoms with Gasteiger partial charge in [0.1, 0.15) is 0 Å². The van der Waals surface area contributed by atoms with Crippen LogP contribution in [0.2, 0.25) is 0 Å². The van der Waals surface area contributed by atoms with Gasteiger partial charge in [-0.05, 0) is 43.5 Å². The predicted molar refractivity (Wildman–Crippen MR) is 68.7 cm³/mol. The summed E-state index contributed by atoms with van der Waals surface area (Å²) >= 11 is 10.1. The van der Waals surface area contributed by atoms with E-state index in [1.807, 2.05) is 24.3 Å². The van der Waals surface area contributed by atoms with Gasteiger partial charge in [0.05, 0.1) is 6.54 Å². The Kier molecular flexibility index (Phi) is 3.58. The maximum absolute atomic E-state index is 4.20. The van der Waals surface area contributed by atoms with E-state index in [1.165, 1.54) is 0 Å². The summed E-state index contributed by atoms with van der Waals surface area (Å²) in [7, 11) is 0. The molecule has 0 radical (unpaired) electrons. The minimum absolute atomic E-state index is 0.585. The molecule has 3 nitrogen and oxygen atoms in total. The molecular formula is C9H6Br3N3. The zero-order valence-corrected chi connectivity index (χ0v) is 12.3. The molecule has 0 aliphatic carbocycles. The second-order valence-corrected chi connectivity index (χ2v) is 5.17. The van der Waals surface area contributed by atoms with E-state index >= 15 is 0 Å². The zero-order valence-electron chi connectivity index (χ0n) is 7.49. The minimum Gasteiger partial charge on any atom is -0.235 e. The first-order chi connectivity index (χ1) is 7.16. The van der Waals surface area contributed by atoms with Gasteiger partial charge in [0.15, 0.2) is 4.73 Å². The average Bonchev–Trinajstić information content (AvgIpc) is 2.49. The Bertz CT molecular complexity index is 481. The van der Waals surface area contributed by atoms with Crippen molar-refractivity contribution in [1.29, 1.82) is 0 Å². The van der Waals surface area contributed by atoms with Gasteiger partial charge in [-0.3, -0.25) is 0 Å².